The number of hydrogen-bond acceptors (Lipinski definition) is 3. The summed E-state index contributed by atoms with van der Waals surface area (Å²) in [7, 11) is 1.61. The maximum absolute atomic E-state index is 8.60. The van der Waals surface area contributed by atoms with Gasteiger partial charge in [0.25, 0.3) is 0 Å². The lowest BCUT2D eigenvalue weighted by Gasteiger charge is -2.16. The summed E-state index contributed by atoms with van der Waals surface area (Å²) in [6.45, 7) is 3.94. The Morgan fingerprint density at radius 1 is 1.41 bits per heavy atom. The minimum Gasteiger partial charge on any atom is -0.492 e. The first-order chi connectivity index (χ1) is 8.10. The van der Waals surface area contributed by atoms with Crippen molar-refractivity contribution in [1.82, 2.24) is 0 Å². The zero-order chi connectivity index (χ0) is 12.8. The second kappa shape index (κ2) is 6.51. The van der Waals surface area contributed by atoms with Crippen LogP contribution >= 0.6 is 15.9 Å². The molecule has 0 aliphatic rings. The van der Waals surface area contributed by atoms with E-state index < -0.39 is 0 Å². The average Bonchev–Trinajstić information content (AvgIpc) is 2.28. The molecule has 0 aliphatic carbocycles. The van der Waals surface area contributed by atoms with Crippen LogP contribution in [0.15, 0.2) is 16.6 Å². The minimum absolute atomic E-state index is 0.0979. The first kappa shape index (κ1) is 13.9. The number of halogens is 1. The fourth-order valence-electron chi connectivity index (χ4n) is 1.50. The number of aryl methyl sites for hydroxylation is 1. The fourth-order valence-corrected chi connectivity index (χ4v) is 2.19. The molecule has 0 aliphatic heterocycles. The largest absolute Gasteiger partial charge is 0.492 e. The van der Waals surface area contributed by atoms with E-state index in [1.165, 1.54) is 0 Å². The molecule has 0 heterocycles. The van der Waals surface area contributed by atoms with Gasteiger partial charge in [-0.1, -0.05) is 6.07 Å². The second-order valence-electron chi connectivity index (χ2n) is 3.89. The van der Waals surface area contributed by atoms with E-state index in [2.05, 4.69) is 22.0 Å². The molecule has 0 bridgehead atoms. The van der Waals surface area contributed by atoms with Crippen LogP contribution in [0.5, 0.6) is 11.5 Å². The van der Waals surface area contributed by atoms with Crippen molar-refractivity contribution in [3.05, 3.63) is 22.2 Å². The number of nitrogens with zero attached hydrogens (tertiary/aromatic N) is 1. The first-order valence-corrected chi connectivity index (χ1v) is 6.28. The molecular formula is C13H16BrNO2. The lowest BCUT2D eigenvalue weighted by Crippen LogP contribution is -2.07. The van der Waals surface area contributed by atoms with Crippen LogP contribution in [-0.2, 0) is 6.42 Å². The maximum atomic E-state index is 8.60. The van der Waals surface area contributed by atoms with E-state index in [1.54, 1.807) is 7.11 Å². The van der Waals surface area contributed by atoms with Crippen molar-refractivity contribution in [2.24, 2.45) is 0 Å². The summed E-state index contributed by atoms with van der Waals surface area (Å²) < 4.78 is 11.9. The van der Waals surface area contributed by atoms with Gasteiger partial charge in [-0.3, -0.25) is 0 Å². The standard InChI is InChI=1S/C13H16BrNO2/c1-9(2)17-11-7-6-10(5-4-8-15)12(14)13(11)16-3/h6-7,9H,4-5H2,1-3H3. The van der Waals surface area contributed by atoms with Crippen LogP contribution in [0.4, 0.5) is 0 Å². The molecule has 0 unspecified atom stereocenters. The Kier molecular flexibility index (Phi) is 5.30. The smallest absolute Gasteiger partial charge is 0.175 e. The molecular weight excluding hydrogens is 282 g/mol. The number of ether oxygens (including phenoxy) is 2. The number of rotatable bonds is 5. The van der Waals surface area contributed by atoms with Gasteiger partial charge < -0.3 is 9.47 Å². The fraction of sp³-hybridized carbons (Fsp3) is 0.462. The highest BCUT2D eigenvalue weighted by molar-refractivity contribution is 9.10. The van der Waals surface area contributed by atoms with Gasteiger partial charge in [-0.2, -0.15) is 5.26 Å². The minimum atomic E-state index is 0.0979. The summed E-state index contributed by atoms with van der Waals surface area (Å²) in [5, 5.41) is 8.60. The van der Waals surface area contributed by atoms with Crippen LogP contribution in [0.25, 0.3) is 0 Å². The Labute approximate surface area is 110 Å². The molecule has 92 valence electrons. The summed E-state index contributed by atoms with van der Waals surface area (Å²) in [5.74, 6) is 1.41. The molecule has 0 spiro atoms. The van der Waals surface area contributed by atoms with Gasteiger partial charge in [-0.25, -0.2) is 0 Å². The predicted molar refractivity (Wildman–Crippen MR) is 70.4 cm³/mol. The number of nitriles is 1. The van der Waals surface area contributed by atoms with Crippen molar-refractivity contribution in [3.63, 3.8) is 0 Å². The van der Waals surface area contributed by atoms with Gasteiger partial charge in [0.1, 0.15) is 0 Å². The summed E-state index contributed by atoms with van der Waals surface area (Å²) in [5.41, 5.74) is 1.06. The molecule has 17 heavy (non-hydrogen) atoms. The predicted octanol–water partition coefficient (Wildman–Crippen LogP) is 3.70. The van der Waals surface area contributed by atoms with Gasteiger partial charge in [0.2, 0.25) is 0 Å². The van der Waals surface area contributed by atoms with Crippen molar-refractivity contribution < 1.29 is 9.47 Å². The Morgan fingerprint density at radius 3 is 2.65 bits per heavy atom. The second-order valence-corrected chi connectivity index (χ2v) is 4.69. The Hall–Kier alpha value is -1.21. The van der Waals surface area contributed by atoms with Gasteiger partial charge in [0, 0.05) is 6.42 Å². The van der Waals surface area contributed by atoms with E-state index in [0.29, 0.717) is 18.6 Å². The molecule has 4 heteroatoms. The normalized spacial score (nSPS) is 10.1. The summed E-state index contributed by atoms with van der Waals surface area (Å²) in [6, 6.07) is 5.98. The van der Waals surface area contributed by atoms with Gasteiger partial charge >= 0.3 is 0 Å². The van der Waals surface area contributed by atoms with Crippen LogP contribution < -0.4 is 9.47 Å². The van der Waals surface area contributed by atoms with Crippen molar-refractivity contribution in [2.75, 3.05) is 7.11 Å². The van der Waals surface area contributed by atoms with Crippen molar-refractivity contribution >= 4 is 15.9 Å². The van der Waals surface area contributed by atoms with Crippen molar-refractivity contribution in [1.29, 1.82) is 5.26 Å². The van der Waals surface area contributed by atoms with Crippen LogP contribution in [0, 0.1) is 11.3 Å². The zero-order valence-corrected chi connectivity index (χ0v) is 11.9. The average molecular weight is 298 g/mol. The molecule has 1 aromatic rings. The molecule has 3 nitrogen and oxygen atoms in total. The third-order valence-electron chi connectivity index (χ3n) is 2.21. The number of methoxy groups -OCH3 is 1. The van der Waals surface area contributed by atoms with E-state index >= 15 is 0 Å². The van der Waals surface area contributed by atoms with Crippen LogP contribution in [0.2, 0.25) is 0 Å². The number of benzene rings is 1. The lowest BCUT2D eigenvalue weighted by molar-refractivity contribution is 0.229. The van der Waals surface area contributed by atoms with Crippen LogP contribution in [0.1, 0.15) is 25.8 Å². The van der Waals surface area contributed by atoms with Crippen molar-refractivity contribution in [2.45, 2.75) is 32.8 Å². The molecule has 1 aromatic carbocycles. The Morgan fingerprint density at radius 2 is 2.12 bits per heavy atom. The summed E-state index contributed by atoms with van der Waals surface area (Å²) in [6.07, 6.45) is 1.29. The third kappa shape index (κ3) is 3.64. The van der Waals surface area contributed by atoms with Crippen molar-refractivity contribution in [3.8, 4) is 17.6 Å². The quantitative estimate of drug-likeness (QED) is 0.832. The monoisotopic (exact) mass is 297 g/mol. The Bertz CT molecular complexity index is 424. The molecule has 0 saturated carbocycles. The van der Waals surface area contributed by atoms with Gasteiger partial charge in [-0.15, -0.1) is 0 Å². The van der Waals surface area contributed by atoms with Crippen LogP contribution in [-0.4, -0.2) is 13.2 Å². The van der Waals surface area contributed by atoms with E-state index in [1.807, 2.05) is 26.0 Å². The van der Waals surface area contributed by atoms with Gasteiger partial charge in [0.05, 0.1) is 23.8 Å². The SMILES string of the molecule is COc1c(OC(C)C)ccc(CCC#N)c1Br. The van der Waals surface area contributed by atoms with Crippen LogP contribution in [0.3, 0.4) is 0 Å². The maximum Gasteiger partial charge on any atom is 0.175 e. The highest BCUT2D eigenvalue weighted by Gasteiger charge is 2.13. The molecule has 0 amide bonds. The van der Waals surface area contributed by atoms with E-state index in [4.69, 9.17) is 14.7 Å². The molecule has 0 N–H and O–H groups in total. The number of hydrogen-bond donors (Lipinski definition) is 0. The molecule has 0 saturated heterocycles. The molecule has 1 rings (SSSR count). The topological polar surface area (TPSA) is 42.2 Å². The molecule has 0 fully saturated rings. The molecule has 0 atom stereocenters. The third-order valence-corrected chi connectivity index (χ3v) is 3.08. The van der Waals surface area contributed by atoms with E-state index in [9.17, 15) is 0 Å². The molecule has 0 aromatic heterocycles. The Balaban J connectivity index is 3.04. The summed E-state index contributed by atoms with van der Waals surface area (Å²) >= 11 is 3.50. The van der Waals surface area contributed by atoms with E-state index in [0.717, 1.165) is 15.8 Å². The lowest BCUT2D eigenvalue weighted by atomic mass is 10.1. The summed E-state index contributed by atoms with van der Waals surface area (Å²) in [4.78, 5) is 0. The van der Waals surface area contributed by atoms with E-state index in [-0.39, 0.29) is 6.10 Å². The highest BCUT2D eigenvalue weighted by Crippen LogP contribution is 2.38. The van der Waals surface area contributed by atoms with Gasteiger partial charge in [0.15, 0.2) is 11.5 Å². The van der Waals surface area contributed by atoms with Gasteiger partial charge in [-0.05, 0) is 47.8 Å². The highest BCUT2D eigenvalue weighted by atomic mass is 79.9. The zero-order valence-electron chi connectivity index (χ0n) is 10.3. The molecule has 0 radical (unpaired) electrons. The first-order valence-electron chi connectivity index (χ1n) is 5.49.